The van der Waals surface area contributed by atoms with Gasteiger partial charge in [0.1, 0.15) is 5.75 Å². The number of thioether (sulfide) groups is 1. The number of aromatic nitrogens is 4. The molecule has 126 valence electrons. The number of methoxy groups -OCH3 is 1. The molecule has 7 heteroatoms. The zero-order chi connectivity index (χ0) is 17.2. The molecule has 0 saturated heterocycles. The molecular formula is C18H16N4O2S. The summed E-state index contributed by atoms with van der Waals surface area (Å²) in [6, 6.07) is 13.8. The highest BCUT2D eigenvalue weighted by Crippen LogP contribution is 2.25. The molecule has 4 rings (SSSR count). The van der Waals surface area contributed by atoms with E-state index >= 15 is 0 Å². The SMILES string of the molecule is COc1ccc2nc(SCc3noc(-c4ccc(C)cc4)n3)[nH]c2c1. The minimum atomic E-state index is 0.532. The van der Waals surface area contributed by atoms with Crippen LogP contribution in [0.4, 0.5) is 0 Å². The van der Waals surface area contributed by atoms with Gasteiger partial charge in [0, 0.05) is 11.6 Å². The Kier molecular flexibility index (Phi) is 4.15. The lowest BCUT2D eigenvalue weighted by Gasteiger charge is -1.96. The molecule has 2 aromatic heterocycles. The Hall–Kier alpha value is -2.80. The Morgan fingerprint density at radius 3 is 2.76 bits per heavy atom. The van der Waals surface area contributed by atoms with Gasteiger partial charge in [-0.25, -0.2) is 4.98 Å². The number of rotatable bonds is 5. The van der Waals surface area contributed by atoms with Crippen LogP contribution in [0.1, 0.15) is 11.4 Å². The number of hydrogen-bond donors (Lipinski definition) is 1. The lowest BCUT2D eigenvalue weighted by molar-refractivity contribution is 0.415. The molecule has 2 aromatic carbocycles. The standard InChI is InChI=1S/C18H16N4O2S/c1-11-3-5-12(6-4-11)17-21-16(22-24-17)10-25-18-19-14-8-7-13(23-2)9-15(14)20-18/h3-9H,10H2,1-2H3,(H,19,20). The van der Waals surface area contributed by atoms with Gasteiger partial charge in [-0.3, -0.25) is 0 Å². The summed E-state index contributed by atoms with van der Waals surface area (Å²) < 4.78 is 10.6. The summed E-state index contributed by atoms with van der Waals surface area (Å²) in [5, 5.41) is 4.85. The fraction of sp³-hybridized carbons (Fsp3) is 0.167. The molecule has 6 nitrogen and oxygen atoms in total. The molecule has 4 aromatic rings. The van der Waals surface area contributed by atoms with E-state index in [1.165, 1.54) is 17.3 Å². The zero-order valence-corrected chi connectivity index (χ0v) is 14.6. The van der Waals surface area contributed by atoms with E-state index in [0.29, 0.717) is 17.5 Å². The van der Waals surface area contributed by atoms with Crippen molar-refractivity contribution in [3.63, 3.8) is 0 Å². The Labute approximate surface area is 148 Å². The first-order chi connectivity index (χ1) is 12.2. The van der Waals surface area contributed by atoms with Crippen LogP contribution in [-0.4, -0.2) is 27.2 Å². The number of fused-ring (bicyclic) bond motifs is 1. The Balaban J connectivity index is 1.47. The average Bonchev–Trinajstić information content (AvgIpc) is 3.26. The molecule has 0 aliphatic heterocycles. The van der Waals surface area contributed by atoms with Crippen LogP contribution in [0.15, 0.2) is 52.1 Å². The molecule has 1 N–H and O–H groups in total. The van der Waals surface area contributed by atoms with Gasteiger partial charge >= 0.3 is 0 Å². The highest BCUT2D eigenvalue weighted by Gasteiger charge is 2.11. The van der Waals surface area contributed by atoms with Gasteiger partial charge in [0.25, 0.3) is 5.89 Å². The number of hydrogen-bond acceptors (Lipinski definition) is 6. The van der Waals surface area contributed by atoms with E-state index in [0.717, 1.165) is 27.5 Å². The smallest absolute Gasteiger partial charge is 0.257 e. The van der Waals surface area contributed by atoms with Gasteiger partial charge in [-0.15, -0.1) is 0 Å². The number of imidazole rings is 1. The number of ether oxygens (including phenoxy) is 1. The zero-order valence-electron chi connectivity index (χ0n) is 13.8. The molecular weight excluding hydrogens is 336 g/mol. The molecule has 0 atom stereocenters. The summed E-state index contributed by atoms with van der Waals surface area (Å²) in [6.07, 6.45) is 0. The Bertz CT molecular complexity index is 1010. The van der Waals surface area contributed by atoms with Crippen molar-refractivity contribution in [2.75, 3.05) is 7.11 Å². The molecule has 0 amide bonds. The van der Waals surface area contributed by atoms with Gasteiger partial charge < -0.3 is 14.2 Å². The Morgan fingerprint density at radius 2 is 1.96 bits per heavy atom. The number of benzene rings is 2. The third kappa shape index (κ3) is 3.36. The maximum absolute atomic E-state index is 5.35. The van der Waals surface area contributed by atoms with Crippen LogP contribution in [0.2, 0.25) is 0 Å². The van der Waals surface area contributed by atoms with E-state index in [4.69, 9.17) is 9.26 Å². The molecule has 0 fully saturated rings. The molecule has 25 heavy (non-hydrogen) atoms. The second kappa shape index (κ2) is 6.60. The van der Waals surface area contributed by atoms with Gasteiger partial charge in [0.2, 0.25) is 0 Å². The van der Waals surface area contributed by atoms with Gasteiger partial charge in [0.15, 0.2) is 11.0 Å². The van der Waals surface area contributed by atoms with Crippen molar-refractivity contribution < 1.29 is 9.26 Å². The van der Waals surface area contributed by atoms with Crippen molar-refractivity contribution in [2.45, 2.75) is 17.8 Å². The first kappa shape index (κ1) is 15.7. The van der Waals surface area contributed by atoms with Gasteiger partial charge in [-0.05, 0) is 31.2 Å². The first-order valence-electron chi connectivity index (χ1n) is 7.77. The molecule has 0 bridgehead atoms. The first-order valence-corrected chi connectivity index (χ1v) is 8.76. The fourth-order valence-corrected chi connectivity index (χ4v) is 3.15. The van der Waals surface area contributed by atoms with Crippen molar-refractivity contribution in [1.82, 2.24) is 20.1 Å². The van der Waals surface area contributed by atoms with Crippen molar-refractivity contribution in [2.24, 2.45) is 0 Å². The van der Waals surface area contributed by atoms with E-state index < -0.39 is 0 Å². The number of nitrogens with zero attached hydrogens (tertiary/aromatic N) is 3. The summed E-state index contributed by atoms with van der Waals surface area (Å²) in [4.78, 5) is 12.3. The van der Waals surface area contributed by atoms with Crippen LogP contribution in [0.3, 0.4) is 0 Å². The maximum Gasteiger partial charge on any atom is 0.257 e. The van der Waals surface area contributed by atoms with Crippen LogP contribution in [0.5, 0.6) is 5.75 Å². The van der Waals surface area contributed by atoms with Crippen molar-refractivity contribution in [1.29, 1.82) is 0 Å². The minimum Gasteiger partial charge on any atom is -0.497 e. The van der Waals surface area contributed by atoms with Crippen molar-refractivity contribution in [3.8, 4) is 17.2 Å². The normalized spacial score (nSPS) is 11.1. The van der Waals surface area contributed by atoms with Gasteiger partial charge in [-0.1, -0.05) is 34.6 Å². The lowest BCUT2D eigenvalue weighted by Crippen LogP contribution is -1.85. The molecule has 0 unspecified atom stereocenters. The number of aryl methyl sites for hydroxylation is 1. The van der Waals surface area contributed by atoms with Crippen LogP contribution >= 0.6 is 11.8 Å². The fourth-order valence-electron chi connectivity index (χ4n) is 2.42. The summed E-state index contributed by atoms with van der Waals surface area (Å²) in [6.45, 7) is 2.04. The van der Waals surface area contributed by atoms with E-state index in [9.17, 15) is 0 Å². The van der Waals surface area contributed by atoms with E-state index in [1.807, 2.05) is 49.4 Å². The minimum absolute atomic E-state index is 0.532. The summed E-state index contributed by atoms with van der Waals surface area (Å²) in [5.74, 6) is 2.55. The molecule has 0 spiro atoms. The lowest BCUT2D eigenvalue weighted by atomic mass is 10.1. The van der Waals surface area contributed by atoms with Crippen LogP contribution in [0.25, 0.3) is 22.5 Å². The molecule has 0 radical (unpaired) electrons. The second-order valence-electron chi connectivity index (χ2n) is 5.60. The van der Waals surface area contributed by atoms with E-state index in [1.54, 1.807) is 7.11 Å². The maximum atomic E-state index is 5.35. The second-order valence-corrected chi connectivity index (χ2v) is 6.56. The van der Waals surface area contributed by atoms with E-state index in [2.05, 4.69) is 20.1 Å². The number of aromatic amines is 1. The number of H-pyrrole nitrogens is 1. The summed E-state index contributed by atoms with van der Waals surface area (Å²) in [5.41, 5.74) is 3.96. The van der Waals surface area contributed by atoms with Crippen molar-refractivity contribution in [3.05, 3.63) is 53.9 Å². The third-order valence-electron chi connectivity index (χ3n) is 3.77. The third-order valence-corrected chi connectivity index (χ3v) is 4.64. The highest BCUT2D eigenvalue weighted by atomic mass is 32.2. The molecule has 0 aliphatic rings. The summed E-state index contributed by atoms with van der Waals surface area (Å²) in [7, 11) is 1.65. The summed E-state index contributed by atoms with van der Waals surface area (Å²) >= 11 is 1.53. The van der Waals surface area contributed by atoms with Crippen molar-refractivity contribution >= 4 is 22.8 Å². The largest absolute Gasteiger partial charge is 0.497 e. The van der Waals surface area contributed by atoms with Gasteiger partial charge in [0.05, 0.1) is 23.9 Å². The van der Waals surface area contributed by atoms with Crippen LogP contribution in [0, 0.1) is 6.92 Å². The average molecular weight is 352 g/mol. The quantitative estimate of drug-likeness (QED) is 0.542. The molecule has 0 aliphatic carbocycles. The van der Waals surface area contributed by atoms with Crippen LogP contribution < -0.4 is 4.74 Å². The monoisotopic (exact) mass is 352 g/mol. The number of nitrogens with one attached hydrogen (secondary N) is 1. The Morgan fingerprint density at radius 1 is 1.12 bits per heavy atom. The van der Waals surface area contributed by atoms with Crippen LogP contribution in [-0.2, 0) is 5.75 Å². The predicted molar refractivity (Wildman–Crippen MR) is 96.7 cm³/mol. The highest BCUT2D eigenvalue weighted by molar-refractivity contribution is 7.98. The molecule has 2 heterocycles. The van der Waals surface area contributed by atoms with E-state index in [-0.39, 0.29) is 0 Å². The predicted octanol–water partition coefficient (Wildman–Crippen LogP) is 4.22. The molecule has 0 saturated carbocycles. The van der Waals surface area contributed by atoms with Gasteiger partial charge in [-0.2, -0.15) is 4.98 Å². The topological polar surface area (TPSA) is 76.8 Å².